The number of carbonyl (C=O) groups excluding carboxylic acids is 2. The second-order valence-electron chi connectivity index (χ2n) is 9.69. The lowest BCUT2D eigenvalue weighted by molar-refractivity contribution is -0.123. The van der Waals surface area contributed by atoms with Gasteiger partial charge in [0, 0.05) is 32.7 Å². The molecule has 3 aliphatic rings. The quantitative estimate of drug-likeness (QED) is 0.368. The molecule has 0 bridgehead atoms. The second kappa shape index (κ2) is 11.3. The van der Waals surface area contributed by atoms with Crippen LogP contribution in [-0.2, 0) is 16.1 Å². The number of carbonyl (C=O) groups is 2. The Bertz CT molecular complexity index is 1070. The molecular formula is C28H35N3O5. The molecule has 2 aromatic rings. The van der Waals surface area contributed by atoms with E-state index in [1.165, 1.54) is 29.7 Å². The second-order valence-corrected chi connectivity index (χ2v) is 9.69. The van der Waals surface area contributed by atoms with Crippen molar-refractivity contribution in [2.75, 3.05) is 44.5 Å². The minimum Gasteiger partial charge on any atom is -0.494 e. The maximum absolute atomic E-state index is 13.2. The van der Waals surface area contributed by atoms with Crippen LogP contribution in [0.3, 0.4) is 0 Å². The Labute approximate surface area is 212 Å². The Balaban J connectivity index is 1.12. The minimum absolute atomic E-state index is 0.127. The molecule has 5 rings (SSSR count). The summed E-state index contributed by atoms with van der Waals surface area (Å²) in [6.45, 7) is 7.17. The maximum atomic E-state index is 13.2. The van der Waals surface area contributed by atoms with E-state index in [1.807, 2.05) is 36.4 Å². The van der Waals surface area contributed by atoms with Crippen molar-refractivity contribution in [3.63, 3.8) is 0 Å². The SMILES string of the molecule is CCCCCCOc1ccc(N2C(=O)C[C@@H](N3CCN(Cc4ccc5c(c4)OCO5)CC3)C2=O)cc1. The molecule has 3 aliphatic heterocycles. The van der Waals surface area contributed by atoms with E-state index in [9.17, 15) is 9.59 Å². The number of benzene rings is 2. The van der Waals surface area contributed by atoms with Gasteiger partial charge in [-0.2, -0.15) is 0 Å². The molecule has 0 aromatic heterocycles. The lowest BCUT2D eigenvalue weighted by atomic mass is 10.1. The summed E-state index contributed by atoms with van der Waals surface area (Å²) in [5.41, 5.74) is 1.80. The highest BCUT2D eigenvalue weighted by atomic mass is 16.7. The number of unbranched alkanes of at least 4 members (excludes halogenated alkanes) is 3. The molecule has 2 amide bonds. The lowest BCUT2D eigenvalue weighted by Gasteiger charge is -2.37. The van der Waals surface area contributed by atoms with Crippen LogP contribution in [0.25, 0.3) is 0 Å². The van der Waals surface area contributed by atoms with Crippen LogP contribution in [0.5, 0.6) is 17.2 Å². The number of ether oxygens (including phenoxy) is 3. The number of hydrogen-bond acceptors (Lipinski definition) is 7. The first-order valence-electron chi connectivity index (χ1n) is 13.1. The van der Waals surface area contributed by atoms with Gasteiger partial charge in [0.2, 0.25) is 12.7 Å². The van der Waals surface area contributed by atoms with Crippen molar-refractivity contribution < 1.29 is 23.8 Å². The largest absolute Gasteiger partial charge is 0.494 e. The summed E-state index contributed by atoms with van der Waals surface area (Å²) in [6.07, 6.45) is 4.85. The molecule has 8 heteroatoms. The minimum atomic E-state index is -0.389. The normalized spacial score (nSPS) is 20.4. The summed E-state index contributed by atoms with van der Waals surface area (Å²) in [5, 5.41) is 0. The number of anilines is 1. The molecular weight excluding hydrogens is 458 g/mol. The third kappa shape index (κ3) is 5.50. The van der Waals surface area contributed by atoms with Gasteiger partial charge in [-0.05, 0) is 48.4 Å². The highest BCUT2D eigenvalue weighted by molar-refractivity contribution is 6.22. The molecule has 8 nitrogen and oxygen atoms in total. The van der Waals surface area contributed by atoms with E-state index in [0.717, 1.165) is 56.4 Å². The average Bonchev–Trinajstić information content (AvgIpc) is 3.48. The number of imide groups is 1. The van der Waals surface area contributed by atoms with Gasteiger partial charge in [-0.15, -0.1) is 0 Å². The summed E-state index contributed by atoms with van der Waals surface area (Å²) in [6, 6.07) is 13.0. The van der Waals surface area contributed by atoms with Gasteiger partial charge in [0.1, 0.15) is 5.75 Å². The van der Waals surface area contributed by atoms with Gasteiger partial charge in [-0.3, -0.25) is 19.4 Å². The Morgan fingerprint density at radius 3 is 2.47 bits per heavy atom. The maximum Gasteiger partial charge on any atom is 0.251 e. The Kier molecular flexibility index (Phi) is 7.72. The summed E-state index contributed by atoms with van der Waals surface area (Å²) in [5.74, 6) is 2.10. The summed E-state index contributed by atoms with van der Waals surface area (Å²) in [4.78, 5) is 31.9. The van der Waals surface area contributed by atoms with Crippen LogP contribution < -0.4 is 19.1 Å². The molecule has 3 heterocycles. The Morgan fingerprint density at radius 1 is 0.917 bits per heavy atom. The van der Waals surface area contributed by atoms with Gasteiger partial charge < -0.3 is 14.2 Å². The van der Waals surface area contributed by atoms with Gasteiger partial charge >= 0.3 is 0 Å². The molecule has 0 N–H and O–H groups in total. The third-order valence-electron chi connectivity index (χ3n) is 7.18. The molecule has 2 saturated heterocycles. The Hall–Kier alpha value is -3.10. The van der Waals surface area contributed by atoms with Crippen LogP contribution in [0, 0.1) is 0 Å². The van der Waals surface area contributed by atoms with Gasteiger partial charge in [0.05, 0.1) is 24.8 Å². The standard InChI is InChI=1S/C28H35N3O5/c1-2-3-4-5-16-34-23-9-7-22(8-10-23)31-27(32)18-24(28(31)33)30-14-12-29(13-15-30)19-21-6-11-25-26(17-21)36-20-35-25/h6-11,17,24H,2-5,12-16,18-20H2,1H3/t24-/m1/s1. The van der Waals surface area contributed by atoms with E-state index in [2.05, 4.69) is 22.8 Å². The summed E-state index contributed by atoms with van der Waals surface area (Å²) >= 11 is 0. The fourth-order valence-electron chi connectivity index (χ4n) is 5.11. The number of piperazine rings is 1. The van der Waals surface area contributed by atoms with Crippen LogP contribution in [0.4, 0.5) is 5.69 Å². The van der Waals surface area contributed by atoms with Crippen molar-refractivity contribution >= 4 is 17.5 Å². The van der Waals surface area contributed by atoms with Crippen LogP contribution in [0.1, 0.15) is 44.6 Å². The molecule has 0 radical (unpaired) electrons. The molecule has 0 unspecified atom stereocenters. The molecule has 2 aromatic carbocycles. The van der Waals surface area contributed by atoms with E-state index in [4.69, 9.17) is 14.2 Å². The zero-order valence-corrected chi connectivity index (χ0v) is 21.0. The van der Waals surface area contributed by atoms with Crippen molar-refractivity contribution in [1.82, 2.24) is 9.80 Å². The zero-order valence-electron chi connectivity index (χ0n) is 21.0. The van der Waals surface area contributed by atoms with E-state index in [1.54, 1.807) is 0 Å². The van der Waals surface area contributed by atoms with E-state index in [-0.39, 0.29) is 31.1 Å². The Morgan fingerprint density at radius 2 is 1.69 bits per heavy atom. The van der Waals surface area contributed by atoms with Crippen molar-refractivity contribution in [1.29, 1.82) is 0 Å². The molecule has 0 aliphatic carbocycles. The predicted molar refractivity (Wildman–Crippen MR) is 136 cm³/mol. The average molecular weight is 494 g/mol. The van der Waals surface area contributed by atoms with Crippen LogP contribution in [0.2, 0.25) is 0 Å². The number of nitrogens with zero attached hydrogens (tertiary/aromatic N) is 3. The molecule has 2 fully saturated rings. The first-order valence-corrected chi connectivity index (χ1v) is 13.1. The zero-order chi connectivity index (χ0) is 24.9. The number of amides is 2. The van der Waals surface area contributed by atoms with Gasteiger partial charge in [0.15, 0.2) is 11.5 Å². The van der Waals surface area contributed by atoms with Crippen molar-refractivity contribution in [3.8, 4) is 17.2 Å². The molecule has 0 spiro atoms. The van der Waals surface area contributed by atoms with Gasteiger partial charge in [-0.1, -0.05) is 32.3 Å². The first-order chi connectivity index (χ1) is 17.6. The van der Waals surface area contributed by atoms with Crippen molar-refractivity contribution in [3.05, 3.63) is 48.0 Å². The highest BCUT2D eigenvalue weighted by Crippen LogP contribution is 2.33. The van der Waals surface area contributed by atoms with Crippen molar-refractivity contribution in [2.24, 2.45) is 0 Å². The monoisotopic (exact) mass is 493 g/mol. The molecule has 1 atom stereocenters. The van der Waals surface area contributed by atoms with Crippen molar-refractivity contribution in [2.45, 2.75) is 51.6 Å². The van der Waals surface area contributed by atoms with Crippen LogP contribution in [-0.4, -0.2) is 67.2 Å². The summed E-state index contributed by atoms with van der Waals surface area (Å²) in [7, 11) is 0. The lowest BCUT2D eigenvalue weighted by Crippen LogP contribution is -2.52. The molecule has 192 valence electrons. The van der Waals surface area contributed by atoms with E-state index in [0.29, 0.717) is 12.3 Å². The number of hydrogen-bond donors (Lipinski definition) is 0. The topological polar surface area (TPSA) is 71.6 Å². The first kappa shape index (κ1) is 24.6. The number of fused-ring (bicyclic) bond motifs is 1. The summed E-state index contributed by atoms with van der Waals surface area (Å²) < 4.78 is 16.7. The highest BCUT2D eigenvalue weighted by Gasteiger charge is 2.43. The van der Waals surface area contributed by atoms with E-state index < -0.39 is 0 Å². The van der Waals surface area contributed by atoms with Gasteiger partial charge in [0.25, 0.3) is 5.91 Å². The number of rotatable bonds is 10. The fourth-order valence-corrected chi connectivity index (χ4v) is 5.11. The van der Waals surface area contributed by atoms with E-state index >= 15 is 0 Å². The van der Waals surface area contributed by atoms with Crippen LogP contribution >= 0.6 is 0 Å². The molecule has 0 saturated carbocycles. The van der Waals surface area contributed by atoms with Gasteiger partial charge in [-0.25, -0.2) is 4.90 Å². The predicted octanol–water partition coefficient (Wildman–Crippen LogP) is 3.82. The fraction of sp³-hybridized carbons (Fsp3) is 0.500. The third-order valence-corrected chi connectivity index (χ3v) is 7.18. The van der Waals surface area contributed by atoms with Crippen LogP contribution in [0.15, 0.2) is 42.5 Å². The smallest absolute Gasteiger partial charge is 0.251 e. The molecule has 36 heavy (non-hydrogen) atoms.